The molecule has 174 valence electrons. The predicted molar refractivity (Wildman–Crippen MR) is 125 cm³/mol. The maximum atomic E-state index is 13.2. The number of ketones is 1. The van der Waals surface area contributed by atoms with Crippen molar-refractivity contribution in [3.8, 4) is 5.75 Å². The number of phenolic OH excluding ortho intramolecular Hbond substituents is 1. The van der Waals surface area contributed by atoms with Crippen LogP contribution in [0.1, 0.15) is 34.7 Å². The third-order valence-corrected chi connectivity index (χ3v) is 6.37. The Morgan fingerprint density at radius 2 is 1.73 bits per heavy atom. The molecule has 0 aromatic heterocycles. The Morgan fingerprint density at radius 3 is 2.42 bits per heavy atom. The number of Topliss-reactive ketones (excluding diaryl/α,β-unsaturated/α-hetero) is 1. The Labute approximate surface area is 193 Å². The van der Waals surface area contributed by atoms with E-state index >= 15 is 0 Å². The van der Waals surface area contributed by atoms with Crippen molar-refractivity contribution in [2.24, 2.45) is 0 Å². The Bertz CT molecular complexity index is 1070. The summed E-state index contributed by atoms with van der Waals surface area (Å²) < 4.78 is 5.39. The second-order valence-corrected chi connectivity index (χ2v) is 8.71. The first-order valence-electron chi connectivity index (χ1n) is 11.3. The lowest BCUT2D eigenvalue weighted by molar-refractivity contribution is -0.140. The van der Waals surface area contributed by atoms with Gasteiger partial charge in [-0.25, -0.2) is 0 Å². The lowest BCUT2D eigenvalue weighted by Gasteiger charge is -2.29. The van der Waals surface area contributed by atoms with Crippen LogP contribution in [0.4, 0.5) is 0 Å². The maximum absolute atomic E-state index is 13.2. The molecule has 0 spiro atoms. The molecular formula is C26H30N2O5. The summed E-state index contributed by atoms with van der Waals surface area (Å²) in [6.45, 7) is 8.07. The summed E-state index contributed by atoms with van der Waals surface area (Å²) in [6, 6.07) is 11.4. The van der Waals surface area contributed by atoms with Gasteiger partial charge in [-0.15, -0.1) is 0 Å². The van der Waals surface area contributed by atoms with Crippen LogP contribution in [0, 0.1) is 13.8 Å². The van der Waals surface area contributed by atoms with Crippen LogP contribution in [0.2, 0.25) is 0 Å². The van der Waals surface area contributed by atoms with E-state index in [9.17, 15) is 19.8 Å². The molecule has 1 unspecified atom stereocenters. The van der Waals surface area contributed by atoms with Gasteiger partial charge in [-0.05, 0) is 49.6 Å². The van der Waals surface area contributed by atoms with E-state index in [2.05, 4.69) is 4.90 Å². The molecule has 1 atom stereocenters. The topological polar surface area (TPSA) is 90.3 Å². The molecule has 2 N–H and O–H groups in total. The third kappa shape index (κ3) is 4.79. The van der Waals surface area contributed by atoms with Crippen LogP contribution in [0.25, 0.3) is 5.76 Å². The van der Waals surface area contributed by atoms with Crippen LogP contribution in [-0.4, -0.2) is 71.1 Å². The minimum absolute atomic E-state index is 0.0887. The van der Waals surface area contributed by atoms with Crippen molar-refractivity contribution in [1.82, 2.24) is 9.80 Å². The van der Waals surface area contributed by atoms with Crippen LogP contribution in [-0.2, 0) is 14.3 Å². The summed E-state index contributed by atoms with van der Waals surface area (Å²) in [4.78, 5) is 30.1. The summed E-state index contributed by atoms with van der Waals surface area (Å²) in [5.74, 6) is -1.36. The fourth-order valence-electron chi connectivity index (χ4n) is 4.54. The van der Waals surface area contributed by atoms with Gasteiger partial charge in [-0.3, -0.25) is 14.5 Å². The number of likely N-dealkylation sites (tertiary alicyclic amines) is 1. The van der Waals surface area contributed by atoms with E-state index in [0.717, 1.165) is 30.8 Å². The molecule has 4 rings (SSSR count). The van der Waals surface area contributed by atoms with E-state index in [1.54, 1.807) is 17.0 Å². The molecule has 7 heteroatoms. The highest BCUT2D eigenvalue weighted by Gasteiger charge is 2.46. The molecule has 2 aromatic rings. The molecule has 2 fully saturated rings. The first kappa shape index (κ1) is 23.0. The van der Waals surface area contributed by atoms with Gasteiger partial charge in [0, 0.05) is 31.7 Å². The van der Waals surface area contributed by atoms with E-state index in [0.29, 0.717) is 37.3 Å². The third-order valence-electron chi connectivity index (χ3n) is 6.37. The largest absolute Gasteiger partial charge is 0.508 e. The number of benzene rings is 2. The van der Waals surface area contributed by atoms with Gasteiger partial charge in [0.15, 0.2) is 0 Å². The molecule has 2 aliphatic rings. The lowest BCUT2D eigenvalue weighted by atomic mass is 9.93. The van der Waals surface area contributed by atoms with Crippen molar-refractivity contribution in [2.75, 3.05) is 39.4 Å². The zero-order chi connectivity index (χ0) is 23.5. The van der Waals surface area contributed by atoms with Crippen molar-refractivity contribution >= 4 is 17.4 Å². The summed E-state index contributed by atoms with van der Waals surface area (Å²) in [6.07, 6.45) is 0.700. The second kappa shape index (κ2) is 9.77. The number of ether oxygens (including phenoxy) is 1. The average Bonchev–Trinajstić information content (AvgIpc) is 3.06. The van der Waals surface area contributed by atoms with Crippen LogP contribution < -0.4 is 0 Å². The molecule has 0 bridgehead atoms. The summed E-state index contributed by atoms with van der Waals surface area (Å²) in [5.41, 5.74) is 3.07. The Morgan fingerprint density at radius 1 is 1.03 bits per heavy atom. The monoisotopic (exact) mass is 450 g/mol. The van der Waals surface area contributed by atoms with Crippen molar-refractivity contribution in [1.29, 1.82) is 0 Å². The first-order valence-corrected chi connectivity index (χ1v) is 11.3. The SMILES string of the molecule is Cc1ccc(C)c(C(O)=C2C(=O)C(=O)N(CCCN3CCOCC3)C2c2ccc(O)cc2)c1. The number of morpholine rings is 1. The molecule has 2 aromatic carbocycles. The van der Waals surface area contributed by atoms with E-state index in [-0.39, 0.29) is 17.1 Å². The molecular weight excluding hydrogens is 420 g/mol. The van der Waals surface area contributed by atoms with E-state index in [1.807, 2.05) is 32.0 Å². The van der Waals surface area contributed by atoms with Gasteiger partial charge in [0.2, 0.25) is 0 Å². The zero-order valence-electron chi connectivity index (χ0n) is 19.1. The Kier molecular flexibility index (Phi) is 6.81. The van der Waals surface area contributed by atoms with Gasteiger partial charge in [-0.2, -0.15) is 0 Å². The number of rotatable bonds is 6. The number of hydrogen-bond acceptors (Lipinski definition) is 6. The van der Waals surface area contributed by atoms with Gasteiger partial charge in [0.25, 0.3) is 11.7 Å². The summed E-state index contributed by atoms with van der Waals surface area (Å²) >= 11 is 0. The van der Waals surface area contributed by atoms with Crippen molar-refractivity contribution in [2.45, 2.75) is 26.3 Å². The first-order chi connectivity index (χ1) is 15.9. The van der Waals surface area contributed by atoms with Crippen LogP contribution in [0.5, 0.6) is 5.75 Å². The average molecular weight is 451 g/mol. The normalized spacial score (nSPS) is 21.0. The van der Waals surface area contributed by atoms with Gasteiger partial charge >= 0.3 is 0 Å². The number of phenols is 1. The lowest BCUT2D eigenvalue weighted by Crippen LogP contribution is -2.38. The Hall–Kier alpha value is -3.16. The number of amides is 1. The molecule has 2 heterocycles. The number of aromatic hydroxyl groups is 1. The number of aliphatic hydroxyl groups is 1. The van der Waals surface area contributed by atoms with Gasteiger partial charge in [0.1, 0.15) is 11.5 Å². The number of carbonyl (C=O) groups is 2. The highest BCUT2D eigenvalue weighted by Crippen LogP contribution is 2.40. The molecule has 2 saturated heterocycles. The molecule has 0 aliphatic carbocycles. The Balaban J connectivity index is 1.70. The number of nitrogens with zero attached hydrogens (tertiary/aromatic N) is 2. The van der Waals surface area contributed by atoms with Crippen molar-refractivity contribution in [3.63, 3.8) is 0 Å². The fourth-order valence-corrected chi connectivity index (χ4v) is 4.54. The quantitative estimate of drug-likeness (QED) is 0.399. The van der Waals surface area contributed by atoms with E-state index < -0.39 is 17.7 Å². The molecule has 2 aliphatic heterocycles. The minimum atomic E-state index is -0.713. The standard InChI is InChI=1S/C26H30N2O5/c1-17-4-5-18(2)21(16-17)24(30)22-23(19-6-8-20(29)9-7-19)28(26(32)25(22)31)11-3-10-27-12-14-33-15-13-27/h4-9,16,23,29-30H,3,10-15H2,1-2H3. The van der Waals surface area contributed by atoms with Crippen molar-refractivity contribution < 1.29 is 24.5 Å². The van der Waals surface area contributed by atoms with Crippen LogP contribution >= 0.6 is 0 Å². The zero-order valence-corrected chi connectivity index (χ0v) is 19.1. The van der Waals surface area contributed by atoms with Crippen LogP contribution in [0.15, 0.2) is 48.0 Å². The number of carbonyl (C=O) groups excluding carboxylic acids is 2. The van der Waals surface area contributed by atoms with Crippen LogP contribution in [0.3, 0.4) is 0 Å². The van der Waals surface area contributed by atoms with Gasteiger partial charge in [-0.1, -0.05) is 29.8 Å². The van der Waals surface area contributed by atoms with E-state index in [4.69, 9.17) is 4.74 Å². The number of aryl methyl sites for hydroxylation is 2. The predicted octanol–water partition coefficient (Wildman–Crippen LogP) is 3.15. The highest BCUT2D eigenvalue weighted by molar-refractivity contribution is 6.46. The summed E-state index contributed by atoms with van der Waals surface area (Å²) in [5, 5.41) is 21.0. The van der Waals surface area contributed by atoms with Crippen molar-refractivity contribution in [3.05, 3.63) is 70.3 Å². The molecule has 33 heavy (non-hydrogen) atoms. The molecule has 7 nitrogen and oxygen atoms in total. The number of aliphatic hydroxyl groups excluding tert-OH is 1. The fraction of sp³-hybridized carbons (Fsp3) is 0.385. The highest BCUT2D eigenvalue weighted by atomic mass is 16.5. The van der Waals surface area contributed by atoms with E-state index in [1.165, 1.54) is 12.1 Å². The smallest absolute Gasteiger partial charge is 0.295 e. The van der Waals surface area contributed by atoms with Gasteiger partial charge in [0.05, 0.1) is 24.8 Å². The minimum Gasteiger partial charge on any atom is -0.508 e. The second-order valence-electron chi connectivity index (χ2n) is 8.71. The molecule has 0 radical (unpaired) electrons. The maximum Gasteiger partial charge on any atom is 0.295 e. The number of hydrogen-bond donors (Lipinski definition) is 2. The van der Waals surface area contributed by atoms with Gasteiger partial charge < -0.3 is 19.8 Å². The summed E-state index contributed by atoms with van der Waals surface area (Å²) in [7, 11) is 0. The molecule has 1 amide bonds. The molecule has 0 saturated carbocycles.